The standard InChI is InChI=1S/C51H62FN4O10PS/c1-34(2)56(35(3)4)67(64-29-30-68-48(59)50(5,6)33-53-44(58)31-36-15-11-9-12-16-36)66-46-42(65-47(45(46)52)55-28-27-43(57)54-49(55)60)32-63-51(37-17-13-10-14-18-37,38-19-23-40(61-7)24-20-38)39-21-25-41(62-8)26-22-39/h9-28,34-35,42,45-47H,29-33H2,1-8H3,(H,53,58)(H,54,57,60). The Kier molecular flexibility index (Phi) is 18.3. The summed E-state index contributed by atoms with van der Waals surface area (Å²) in [7, 11) is 1.13. The van der Waals surface area contributed by atoms with E-state index in [1.165, 1.54) is 6.20 Å². The molecule has 0 spiro atoms. The number of H-pyrrole nitrogens is 1. The van der Waals surface area contributed by atoms with Crippen molar-refractivity contribution in [2.45, 2.75) is 90.3 Å². The molecule has 0 saturated carbocycles. The molecule has 1 aliphatic heterocycles. The van der Waals surface area contributed by atoms with Crippen molar-refractivity contribution in [3.05, 3.63) is 165 Å². The zero-order valence-corrected chi connectivity index (χ0v) is 41.5. The predicted molar refractivity (Wildman–Crippen MR) is 263 cm³/mol. The van der Waals surface area contributed by atoms with Gasteiger partial charge in [-0.1, -0.05) is 111 Å². The molecule has 5 unspecified atom stereocenters. The lowest BCUT2D eigenvalue weighted by Crippen LogP contribution is -2.41. The Labute approximate surface area is 402 Å². The highest BCUT2D eigenvalue weighted by Gasteiger charge is 2.51. The van der Waals surface area contributed by atoms with Gasteiger partial charge in [-0.15, -0.1) is 0 Å². The molecule has 2 heterocycles. The van der Waals surface area contributed by atoms with Crippen LogP contribution in [0.2, 0.25) is 0 Å². The molecule has 0 aliphatic carbocycles. The summed E-state index contributed by atoms with van der Waals surface area (Å²) in [6.07, 6.45) is -4.57. The Morgan fingerprint density at radius 1 is 0.838 bits per heavy atom. The molecule has 17 heteroatoms. The SMILES string of the molecule is COc1ccc(C(OCC2OC(n3ccc(=O)[nH]c3=O)C(F)C2OP(OCCSC(=O)C(C)(C)CNC(=O)Cc2ccccc2)N(C(C)C)C(C)C)(c2ccccc2)c2ccc(OC)cc2)cc1. The van der Waals surface area contributed by atoms with Crippen LogP contribution in [-0.2, 0) is 40.1 Å². The number of carbonyl (C=O) groups excluding carboxylic acids is 2. The number of rotatable bonds is 23. The van der Waals surface area contributed by atoms with Crippen molar-refractivity contribution >= 4 is 31.3 Å². The number of hydrogen-bond acceptors (Lipinski definition) is 12. The van der Waals surface area contributed by atoms with Crippen LogP contribution in [0.4, 0.5) is 4.39 Å². The molecular formula is C51H62FN4O10PS. The Morgan fingerprint density at radius 2 is 1.40 bits per heavy atom. The lowest BCUT2D eigenvalue weighted by Gasteiger charge is -2.39. The first kappa shape index (κ1) is 52.2. The largest absolute Gasteiger partial charge is 0.497 e. The van der Waals surface area contributed by atoms with Crippen molar-refractivity contribution < 1.29 is 42.0 Å². The molecule has 364 valence electrons. The van der Waals surface area contributed by atoms with E-state index in [-0.39, 0.29) is 55.0 Å². The van der Waals surface area contributed by atoms with E-state index in [9.17, 15) is 19.2 Å². The third-order valence-electron chi connectivity index (χ3n) is 11.5. The summed E-state index contributed by atoms with van der Waals surface area (Å²) in [6.45, 7) is 11.5. The van der Waals surface area contributed by atoms with E-state index >= 15 is 4.39 Å². The number of nitrogens with zero attached hydrogens (tertiary/aromatic N) is 2. The van der Waals surface area contributed by atoms with Gasteiger partial charge in [-0.3, -0.25) is 23.9 Å². The van der Waals surface area contributed by atoms with Crippen LogP contribution in [0, 0.1) is 5.41 Å². The van der Waals surface area contributed by atoms with Crippen molar-refractivity contribution in [1.82, 2.24) is 19.5 Å². The highest BCUT2D eigenvalue weighted by Crippen LogP contribution is 2.51. The first-order valence-electron chi connectivity index (χ1n) is 22.5. The van der Waals surface area contributed by atoms with Crippen molar-refractivity contribution in [2.75, 3.05) is 39.7 Å². The Hall–Kier alpha value is -5.19. The van der Waals surface area contributed by atoms with Gasteiger partial charge in [0.25, 0.3) is 14.1 Å². The molecule has 2 N–H and O–H groups in total. The molecule has 4 aromatic carbocycles. The normalized spacial score (nSPS) is 17.9. The summed E-state index contributed by atoms with van der Waals surface area (Å²) in [5.41, 5.74) is -0.583. The topological polar surface area (TPSA) is 160 Å². The van der Waals surface area contributed by atoms with E-state index in [1.807, 2.05) is 142 Å². The number of aromatic nitrogens is 2. The van der Waals surface area contributed by atoms with Gasteiger partial charge >= 0.3 is 5.69 Å². The van der Waals surface area contributed by atoms with Crippen LogP contribution < -0.4 is 26.0 Å². The Balaban J connectivity index is 1.29. The molecule has 68 heavy (non-hydrogen) atoms. The molecule has 1 amide bonds. The van der Waals surface area contributed by atoms with Crippen LogP contribution in [-0.4, -0.2) is 95.4 Å². The van der Waals surface area contributed by atoms with E-state index in [0.29, 0.717) is 11.5 Å². The van der Waals surface area contributed by atoms with Crippen LogP contribution in [0.5, 0.6) is 11.5 Å². The van der Waals surface area contributed by atoms with E-state index in [4.69, 9.17) is 28.0 Å². The average molecular weight is 973 g/mol. The van der Waals surface area contributed by atoms with Crippen molar-refractivity contribution in [3.8, 4) is 11.5 Å². The number of nitrogens with one attached hydrogen (secondary N) is 2. The molecule has 1 fully saturated rings. The number of carbonyl (C=O) groups is 2. The zero-order valence-electron chi connectivity index (χ0n) is 39.8. The Bertz CT molecular complexity index is 2460. The molecule has 6 rings (SSSR count). The molecule has 1 aliphatic rings. The maximum atomic E-state index is 17.4. The molecule has 1 aromatic heterocycles. The molecule has 14 nitrogen and oxygen atoms in total. The second-order valence-electron chi connectivity index (χ2n) is 17.5. The summed E-state index contributed by atoms with van der Waals surface area (Å²) in [6, 6.07) is 34.8. The summed E-state index contributed by atoms with van der Waals surface area (Å²) >= 11 is 1.08. The number of alkyl halides is 1. The lowest BCUT2D eigenvalue weighted by atomic mass is 9.80. The maximum Gasteiger partial charge on any atom is 0.330 e. The second kappa shape index (κ2) is 23.9. The minimum Gasteiger partial charge on any atom is -0.497 e. The molecular weight excluding hydrogens is 911 g/mol. The van der Waals surface area contributed by atoms with Crippen LogP contribution in [0.3, 0.4) is 0 Å². The number of ether oxygens (including phenoxy) is 4. The number of hydrogen-bond donors (Lipinski definition) is 2. The quantitative estimate of drug-likeness (QED) is 0.0368. The Morgan fingerprint density at radius 3 is 1.94 bits per heavy atom. The fourth-order valence-electron chi connectivity index (χ4n) is 8.00. The van der Waals surface area contributed by atoms with Gasteiger partial charge in [-0.2, -0.15) is 0 Å². The van der Waals surface area contributed by atoms with Crippen molar-refractivity contribution in [3.63, 3.8) is 0 Å². The third kappa shape index (κ3) is 12.7. The van der Waals surface area contributed by atoms with Gasteiger partial charge in [-0.05, 0) is 74.2 Å². The second-order valence-corrected chi connectivity index (χ2v) is 20.0. The lowest BCUT2D eigenvalue weighted by molar-refractivity contribution is -0.122. The van der Waals surface area contributed by atoms with Crippen LogP contribution in [0.25, 0.3) is 0 Å². The molecule has 5 atom stereocenters. The van der Waals surface area contributed by atoms with Crippen molar-refractivity contribution in [2.24, 2.45) is 5.41 Å². The first-order chi connectivity index (χ1) is 32.6. The van der Waals surface area contributed by atoms with Crippen molar-refractivity contribution in [1.29, 1.82) is 0 Å². The van der Waals surface area contributed by atoms with Crippen LogP contribution in [0.1, 0.15) is 70.0 Å². The summed E-state index contributed by atoms with van der Waals surface area (Å²) in [5.74, 6) is 1.34. The van der Waals surface area contributed by atoms with E-state index in [1.54, 1.807) is 28.1 Å². The van der Waals surface area contributed by atoms with Gasteiger partial charge in [0.15, 0.2) is 17.5 Å². The molecule has 0 bridgehead atoms. The number of halogens is 1. The summed E-state index contributed by atoms with van der Waals surface area (Å²) in [5, 5.41) is 2.76. The third-order valence-corrected chi connectivity index (χ3v) is 14.8. The minimum atomic E-state index is -2.05. The summed E-state index contributed by atoms with van der Waals surface area (Å²) in [4.78, 5) is 53.8. The fourth-order valence-corrected chi connectivity index (χ4v) is 10.7. The first-order valence-corrected chi connectivity index (χ1v) is 24.6. The summed E-state index contributed by atoms with van der Waals surface area (Å²) < 4.78 is 58.4. The molecule has 1 saturated heterocycles. The van der Waals surface area contributed by atoms with Gasteiger partial charge in [0, 0.05) is 36.6 Å². The molecule has 5 aromatic rings. The van der Waals surface area contributed by atoms with Gasteiger partial charge in [0.2, 0.25) is 5.91 Å². The highest BCUT2D eigenvalue weighted by atomic mass is 32.2. The fraction of sp³-hybridized carbons (Fsp3) is 0.412. The van der Waals surface area contributed by atoms with Gasteiger partial charge in [-0.25, -0.2) is 13.9 Å². The molecule has 0 radical (unpaired) electrons. The van der Waals surface area contributed by atoms with Gasteiger partial charge in [0.05, 0.1) is 39.3 Å². The number of methoxy groups -OCH3 is 2. The number of thioether (sulfide) groups is 1. The minimum absolute atomic E-state index is 0.0645. The van der Waals surface area contributed by atoms with E-state index in [0.717, 1.165) is 44.6 Å². The number of aromatic amines is 1. The highest BCUT2D eigenvalue weighted by molar-refractivity contribution is 8.13. The van der Waals surface area contributed by atoms with E-state index in [2.05, 4.69) is 10.3 Å². The van der Waals surface area contributed by atoms with Gasteiger partial charge < -0.3 is 33.3 Å². The zero-order chi connectivity index (χ0) is 49.0. The maximum absolute atomic E-state index is 17.4. The van der Waals surface area contributed by atoms with Crippen LogP contribution >= 0.6 is 20.3 Å². The predicted octanol–water partition coefficient (Wildman–Crippen LogP) is 8.19. The van der Waals surface area contributed by atoms with Gasteiger partial charge in [0.1, 0.15) is 29.3 Å². The monoisotopic (exact) mass is 972 g/mol. The average Bonchev–Trinajstić information content (AvgIpc) is 3.63. The smallest absolute Gasteiger partial charge is 0.330 e. The number of amides is 1. The number of benzene rings is 4. The van der Waals surface area contributed by atoms with E-state index < -0.39 is 55.4 Å². The van der Waals surface area contributed by atoms with Crippen LogP contribution in [0.15, 0.2) is 131 Å².